The maximum atomic E-state index is 5.26. The number of hydrogen-bond acceptors (Lipinski definition) is 2. The Morgan fingerprint density at radius 3 is 2.64 bits per heavy atom. The quantitative estimate of drug-likeness (QED) is 0.568. The number of hydrogen-bond donors (Lipinski definition) is 1. The van der Waals surface area contributed by atoms with Gasteiger partial charge in [-0.3, -0.25) is 0 Å². The molecule has 2 nitrogen and oxygen atoms in total. The van der Waals surface area contributed by atoms with Crippen LogP contribution in [-0.2, 0) is 4.74 Å². The van der Waals surface area contributed by atoms with Gasteiger partial charge >= 0.3 is 0 Å². The van der Waals surface area contributed by atoms with Crippen LogP contribution in [0.4, 0.5) is 0 Å². The second-order valence-corrected chi connectivity index (χ2v) is 2.93. The smallest absolute Gasteiger partial charge is 0.0478 e. The zero-order valence-corrected chi connectivity index (χ0v) is 7.73. The molecule has 0 spiro atoms. The molecular formula is C9H20NO. The molecule has 11 heavy (non-hydrogen) atoms. The van der Waals surface area contributed by atoms with Crippen LogP contribution in [0.25, 0.3) is 0 Å². The van der Waals surface area contributed by atoms with E-state index in [4.69, 9.17) is 4.74 Å². The fourth-order valence-electron chi connectivity index (χ4n) is 0.769. The summed E-state index contributed by atoms with van der Waals surface area (Å²) >= 11 is 0. The summed E-state index contributed by atoms with van der Waals surface area (Å²) in [5, 5.41) is 3.33. The summed E-state index contributed by atoms with van der Waals surface area (Å²) in [7, 11) is 0. The van der Waals surface area contributed by atoms with Gasteiger partial charge in [0, 0.05) is 19.3 Å². The zero-order chi connectivity index (χ0) is 8.53. The van der Waals surface area contributed by atoms with E-state index in [9.17, 15) is 0 Å². The van der Waals surface area contributed by atoms with Gasteiger partial charge in [-0.15, -0.1) is 0 Å². The summed E-state index contributed by atoms with van der Waals surface area (Å²) in [6.07, 6.45) is 1.97. The maximum absolute atomic E-state index is 5.26. The van der Waals surface area contributed by atoms with Gasteiger partial charge in [0.15, 0.2) is 0 Å². The van der Waals surface area contributed by atoms with E-state index < -0.39 is 0 Å². The van der Waals surface area contributed by atoms with E-state index in [0.717, 1.165) is 32.6 Å². The summed E-state index contributed by atoms with van der Waals surface area (Å²) in [6, 6.07) is 0.586. The second-order valence-electron chi connectivity index (χ2n) is 2.93. The third kappa shape index (κ3) is 9.92. The van der Waals surface area contributed by atoms with Crippen LogP contribution >= 0.6 is 0 Å². The molecule has 0 rings (SSSR count). The van der Waals surface area contributed by atoms with Crippen molar-refractivity contribution in [1.82, 2.24) is 5.32 Å². The molecule has 67 valence electrons. The van der Waals surface area contributed by atoms with E-state index in [-0.39, 0.29) is 0 Å². The first-order chi connectivity index (χ1) is 5.27. The highest BCUT2D eigenvalue weighted by molar-refractivity contribution is 4.51. The van der Waals surface area contributed by atoms with Crippen LogP contribution in [0.1, 0.15) is 26.7 Å². The molecule has 0 aromatic rings. The van der Waals surface area contributed by atoms with Crippen molar-refractivity contribution in [2.45, 2.75) is 32.7 Å². The molecule has 0 aliphatic carbocycles. The molecule has 2 heteroatoms. The Labute approximate surface area is 70.3 Å². The van der Waals surface area contributed by atoms with Crippen molar-refractivity contribution >= 4 is 0 Å². The molecule has 0 saturated carbocycles. The van der Waals surface area contributed by atoms with Crippen LogP contribution in [0.5, 0.6) is 0 Å². The van der Waals surface area contributed by atoms with Gasteiger partial charge in [-0.2, -0.15) is 0 Å². The number of rotatable bonds is 7. The third-order valence-corrected chi connectivity index (χ3v) is 1.31. The topological polar surface area (TPSA) is 21.3 Å². The van der Waals surface area contributed by atoms with Gasteiger partial charge in [-0.1, -0.05) is 20.8 Å². The van der Waals surface area contributed by atoms with Crippen LogP contribution in [0.15, 0.2) is 0 Å². The lowest BCUT2D eigenvalue weighted by atomic mass is 10.3. The summed E-state index contributed by atoms with van der Waals surface area (Å²) < 4.78 is 5.26. The molecule has 0 heterocycles. The summed E-state index contributed by atoms with van der Waals surface area (Å²) in [5.74, 6) is 0. The first kappa shape index (κ1) is 10.9. The van der Waals surface area contributed by atoms with Crippen LogP contribution in [0.2, 0.25) is 0 Å². The van der Waals surface area contributed by atoms with Gasteiger partial charge in [-0.05, 0) is 19.4 Å². The van der Waals surface area contributed by atoms with Crippen LogP contribution in [0, 0.1) is 6.92 Å². The predicted octanol–water partition coefficient (Wildman–Crippen LogP) is 1.62. The zero-order valence-electron chi connectivity index (χ0n) is 7.73. The van der Waals surface area contributed by atoms with Crippen LogP contribution in [-0.4, -0.2) is 25.8 Å². The monoisotopic (exact) mass is 158 g/mol. The molecule has 0 saturated heterocycles. The minimum atomic E-state index is 0.586. The Morgan fingerprint density at radius 1 is 1.36 bits per heavy atom. The van der Waals surface area contributed by atoms with Gasteiger partial charge in [0.1, 0.15) is 0 Å². The first-order valence-electron chi connectivity index (χ1n) is 4.37. The van der Waals surface area contributed by atoms with Crippen molar-refractivity contribution < 1.29 is 4.74 Å². The summed E-state index contributed by atoms with van der Waals surface area (Å²) in [4.78, 5) is 0. The lowest BCUT2D eigenvalue weighted by molar-refractivity contribution is 0.135. The minimum Gasteiger partial charge on any atom is -0.381 e. The lowest BCUT2D eigenvalue weighted by Crippen LogP contribution is -2.24. The SMILES string of the molecule is [CH2]CCOCCCNC(C)C. The predicted molar refractivity (Wildman–Crippen MR) is 48.5 cm³/mol. The molecule has 0 bridgehead atoms. The molecule has 1 N–H and O–H groups in total. The Morgan fingerprint density at radius 2 is 2.09 bits per heavy atom. The van der Waals surface area contributed by atoms with Gasteiger partial charge in [-0.25, -0.2) is 0 Å². The van der Waals surface area contributed by atoms with Gasteiger partial charge in [0.25, 0.3) is 0 Å². The lowest BCUT2D eigenvalue weighted by Gasteiger charge is -2.07. The van der Waals surface area contributed by atoms with E-state index in [0.29, 0.717) is 6.04 Å². The van der Waals surface area contributed by atoms with Crippen molar-refractivity contribution in [1.29, 1.82) is 0 Å². The largest absolute Gasteiger partial charge is 0.381 e. The highest BCUT2D eigenvalue weighted by Gasteiger charge is 1.91. The summed E-state index contributed by atoms with van der Waals surface area (Å²) in [6.45, 7) is 10.7. The Hall–Kier alpha value is -0.0800. The Bertz CT molecular complexity index is 74.0. The first-order valence-corrected chi connectivity index (χ1v) is 4.37. The van der Waals surface area contributed by atoms with Crippen molar-refractivity contribution in [2.24, 2.45) is 0 Å². The molecule has 0 aliphatic heterocycles. The van der Waals surface area contributed by atoms with Gasteiger partial charge in [0.2, 0.25) is 0 Å². The molecule has 0 amide bonds. The van der Waals surface area contributed by atoms with E-state index in [1.807, 2.05) is 0 Å². The van der Waals surface area contributed by atoms with E-state index in [1.165, 1.54) is 0 Å². The molecule has 0 aromatic carbocycles. The Balaban J connectivity index is 2.80. The highest BCUT2D eigenvalue weighted by atomic mass is 16.5. The second kappa shape index (κ2) is 8.02. The van der Waals surface area contributed by atoms with Crippen molar-refractivity contribution in [3.8, 4) is 0 Å². The molecule has 1 radical (unpaired) electrons. The fraction of sp³-hybridized carbons (Fsp3) is 0.889. The van der Waals surface area contributed by atoms with Crippen molar-refractivity contribution in [3.63, 3.8) is 0 Å². The third-order valence-electron chi connectivity index (χ3n) is 1.31. The standard InChI is InChI=1S/C9H20NO/c1-4-7-11-8-5-6-10-9(2)3/h9-10H,1,4-8H2,2-3H3. The molecule has 0 aliphatic rings. The molecule has 0 atom stereocenters. The normalized spacial score (nSPS) is 10.9. The molecule has 0 aromatic heterocycles. The molecule has 0 fully saturated rings. The van der Waals surface area contributed by atoms with Crippen LogP contribution in [0.3, 0.4) is 0 Å². The highest BCUT2D eigenvalue weighted by Crippen LogP contribution is 1.84. The average molecular weight is 158 g/mol. The van der Waals surface area contributed by atoms with E-state index in [1.54, 1.807) is 0 Å². The fourth-order valence-corrected chi connectivity index (χ4v) is 0.769. The number of ether oxygens (including phenoxy) is 1. The summed E-state index contributed by atoms with van der Waals surface area (Å²) in [5.41, 5.74) is 0. The van der Waals surface area contributed by atoms with Crippen LogP contribution < -0.4 is 5.32 Å². The van der Waals surface area contributed by atoms with Gasteiger partial charge < -0.3 is 10.1 Å². The molecular weight excluding hydrogens is 138 g/mol. The van der Waals surface area contributed by atoms with Gasteiger partial charge in [0.05, 0.1) is 0 Å². The number of nitrogens with one attached hydrogen (secondary N) is 1. The minimum absolute atomic E-state index is 0.586. The average Bonchev–Trinajstić information content (AvgIpc) is 1.96. The van der Waals surface area contributed by atoms with Crippen molar-refractivity contribution in [2.75, 3.05) is 19.8 Å². The molecule has 0 unspecified atom stereocenters. The Kier molecular flexibility index (Phi) is 7.96. The van der Waals surface area contributed by atoms with E-state index in [2.05, 4.69) is 26.1 Å². The van der Waals surface area contributed by atoms with E-state index >= 15 is 0 Å². The van der Waals surface area contributed by atoms with Crippen molar-refractivity contribution in [3.05, 3.63) is 6.92 Å². The maximum Gasteiger partial charge on any atom is 0.0478 e.